The summed E-state index contributed by atoms with van der Waals surface area (Å²) in [5, 5.41) is 5.70. The van der Waals surface area contributed by atoms with Crippen LogP contribution in [0.4, 0.5) is 11.4 Å². The Hall–Kier alpha value is -2.89. The normalized spacial score (nSPS) is 18.0. The minimum absolute atomic E-state index is 0.207. The molecule has 2 aromatic heterocycles. The molecule has 0 saturated carbocycles. The van der Waals surface area contributed by atoms with Crippen LogP contribution in [0.3, 0.4) is 0 Å². The second-order valence-corrected chi connectivity index (χ2v) is 7.19. The summed E-state index contributed by atoms with van der Waals surface area (Å²) in [6.45, 7) is 4.69. The maximum atomic E-state index is 11.9. The van der Waals surface area contributed by atoms with Crippen LogP contribution in [-0.2, 0) is 4.79 Å². The number of nitrogens with zero attached hydrogens (tertiary/aromatic N) is 5. The lowest BCUT2D eigenvalue weighted by molar-refractivity contribution is -0.117. The number of anilines is 2. The molecule has 1 aromatic carbocycles. The molecule has 6 nitrogen and oxygen atoms in total. The van der Waals surface area contributed by atoms with Gasteiger partial charge in [0.2, 0.25) is 5.91 Å². The van der Waals surface area contributed by atoms with Gasteiger partial charge in [-0.1, -0.05) is 18.2 Å². The number of amides is 1. The fourth-order valence-corrected chi connectivity index (χ4v) is 3.95. The SMILES string of the molecule is Cc1cc(N2CC(n3cc(N4CCCC4=O)cn3)C2)c2ccccc2n1. The van der Waals surface area contributed by atoms with E-state index in [9.17, 15) is 4.79 Å². The zero-order valence-electron chi connectivity index (χ0n) is 14.8. The largest absolute Gasteiger partial charge is 0.366 e. The van der Waals surface area contributed by atoms with Crippen LogP contribution in [0.25, 0.3) is 10.9 Å². The number of hydrogen-bond acceptors (Lipinski definition) is 4. The fraction of sp³-hybridized carbons (Fsp3) is 0.350. The molecule has 0 aliphatic carbocycles. The molecule has 0 N–H and O–H groups in total. The third kappa shape index (κ3) is 2.44. The summed E-state index contributed by atoms with van der Waals surface area (Å²) in [4.78, 5) is 20.8. The molecule has 6 heteroatoms. The van der Waals surface area contributed by atoms with Crippen molar-refractivity contribution in [1.29, 1.82) is 0 Å². The van der Waals surface area contributed by atoms with Gasteiger partial charge in [0.25, 0.3) is 0 Å². The molecule has 132 valence electrons. The van der Waals surface area contributed by atoms with Crippen molar-refractivity contribution in [2.75, 3.05) is 29.4 Å². The first-order chi connectivity index (χ1) is 12.7. The quantitative estimate of drug-likeness (QED) is 0.731. The van der Waals surface area contributed by atoms with E-state index in [1.165, 1.54) is 11.1 Å². The number of para-hydroxylation sites is 1. The minimum Gasteiger partial charge on any atom is -0.366 e. The number of fused-ring (bicyclic) bond motifs is 1. The van der Waals surface area contributed by atoms with Crippen molar-refractivity contribution in [2.24, 2.45) is 0 Å². The van der Waals surface area contributed by atoms with E-state index in [0.717, 1.165) is 43.0 Å². The third-order valence-corrected chi connectivity index (χ3v) is 5.37. The van der Waals surface area contributed by atoms with Gasteiger partial charge in [-0.05, 0) is 25.5 Å². The Kier molecular flexibility index (Phi) is 3.45. The van der Waals surface area contributed by atoms with Crippen molar-refractivity contribution >= 4 is 28.2 Å². The zero-order chi connectivity index (χ0) is 17.7. The highest BCUT2D eigenvalue weighted by Gasteiger charge is 2.31. The van der Waals surface area contributed by atoms with E-state index in [-0.39, 0.29) is 5.91 Å². The van der Waals surface area contributed by atoms with Crippen molar-refractivity contribution < 1.29 is 4.79 Å². The van der Waals surface area contributed by atoms with Gasteiger partial charge in [0.15, 0.2) is 0 Å². The van der Waals surface area contributed by atoms with E-state index in [4.69, 9.17) is 0 Å². The molecule has 1 amide bonds. The Morgan fingerprint density at radius 2 is 2.04 bits per heavy atom. The minimum atomic E-state index is 0.207. The highest BCUT2D eigenvalue weighted by molar-refractivity contribution is 5.95. The summed E-state index contributed by atoms with van der Waals surface area (Å²) in [5.74, 6) is 0.207. The van der Waals surface area contributed by atoms with Crippen molar-refractivity contribution in [3.63, 3.8) is 0 Å². The maximum absolute atomic E-state index is 11.9. The van der Waals surface area contributed by atoms with Crippen molar-refractivity contribution in [2.45, 2.75) is 25.8 Å². The number of aromatic nitrogens is 3. The van der Waals surface area contributed by atoms with Gasteiger partial charge < -0.3 is 9.80 Å². The number of benzene rings is 1. The molecule has 2 aliphatic heterocycles. The first-order valence-electron chi connectivity index (χ1n) is 9.15. The summed E-state index contributed by atoms with van der Waals surface area (Å²) in [5.41, 5.74) is 4.25. The van der Waals surface area contributed by atoms with Crippen LogP contribution in [0.2, 0.25) is 0 Å². The topological polar surface area (TPSA) is 54.3 Å². The Morgan fingerprint density at radius 1 is 1.19 bits per heavy atom. The second kappa shape index (κ2) is 5.83. The highest BCUT2D eigenvalue weighted by atomic mass is 16.2. The number of pyridine rings is 1. The Labute approximate surface area is 152 Å². The molecular formula is C20H21N5O. The van der Waals surface area contributed by atoms with E-state index >= 15 is 0 Å². The average molecular weight is 347 g/mol. The number of carbonyl (C=O) groups is 1. The van der Waals surface area contributed by atoms with Crippen molar-refractivity contribution in [3.05, 3.63) is 48.4 Å². The summed E-state index contributed by atoms with van der Waals surface area (Å²) < 4.78 is 2.01. The van der Waals surface area contributed by atoms with Gasteiger partial charge in [0.1, 0.15) is 0 Å². The van der Waals surface area contributed by atoms with E-state index in [1.807, 2.05) is 35.0 Å². The lowest BCUT2D eigenvalue weighted by Crippen LogP contribution is -2.48. The molecule has 2 saturated heterocycles. The predicted octanol–water partition coefficient (Wildman–Crippen LogP) is 2.93. The number of hydrogen-bond donors (Lipinski definition) is 0. The molecule has 0 atom stereocenters. The monoisotopic (exact) mass is 347 g/mol. The summed E-state index contributed by atoms with van der Waals surface area (Å²) in [7, 11) is 0. The maximum Gasteiger partial charge on any atom is 0.227 e. The van der Waals surface area contributed by atoms with Crippen LogP contribution in [0.5, 0.6) is 0 Å². The molecule has 0 unspecified atom stereocenters. The van der Waals surface area contributed by atoms with Crippen LogP contribution in [0.1, 0.15) is 24.6 Å². The molecule has 0 radical (unpaired) electrons. The Morgan fingerprint density at radius 3 is 2.85 bits per heavy atom. The predicted molar refractivity (Wildman–Crippen MR) is 102 cm³/mol. The van der Waals surface area contributed by atoms with Crippen LogP contribution in [0, 0.1) is 6.92 Å². The zero-order valence-corrected chi connectivity index (χ0v) is 14.8. The number of carbonyl (C=O) groups excluding carboxylic acids is 1. The van der Waals surface area contributed by atoms with E-state index < -0.39 is 0 Å². The van der Waals surface area contributed by atoms with Gasteiger partial charge in [0, 0.05) is 49.0 Å². The molecule has 26 heavy (non-hydrogen) atoms. The average Bonchev–Trinajstić information content (AvgIpc) is 3.22. The lowest BCUT2D eigenvalue weighted by atomic mass is 10.0. The first kappa shape index (κ1) is 15.4. The van der Waals surface area contributed by atoms with Gasteiger partial charge in [-0.2, -0.15) is 5.10 Å². The first-order valence-corrected chi connectivity index (χ1v) is 9.15. The molecule has 2 aliphatic rings. The standard InChI is InChI=1S/C20H21N5O/c1-14-9-19(17-5-2-3-6-18(17)22-14)23-11-16(12-23)25-13-15(10-21-25)24-8-4-7-20(24)26/h2-3,5-6,9-10,13,16H,4,7-8,11-12H2,1H3. The number of rotatable bonds is 3. The molecule has 5 rings (SSSR count). The molecule has 2 fully saturated rings. The van der Waals surface area contributed by atoms with Gasteiger partial charge >= 0.3 is 0 Å². The van der Waals surface area contributed by atoms with Crippen molar-refractivity contribution in [3.8, 4) is 0 Å². The lowest BCUT2D eigenvalue weighted by Gasteiger charge is -2.41. The Bertz CT molecular complexity index is 989. The van der Waals surface area contributed by atoms with Crippen molar-refractivity contribution in [1.82, 2.24) is 14.8 Å². The van der Waals surface area contributed by atoms with Crippen LogP contribution < -0.4 is 9.80 Å². The molecule has 0 bridgehead atoms. The van der Waals surface area contributed by atoms with Gasteiger partial charge in [-0.25, -0.2) is 0 Å². The van der Waals surface area contributed by atoms with E-state index in [2.05, 4.69) is 39.2 Å². The third-order valence-electron chi connectivity index (χ3n) is 5.37. The molecular weight excluding hydrogens is 326 g/mol. The van der Waals surface area contributed by atoms with Crippen LogP contribution >= 0.6 is 0 Å². The molecule has 3 aromatic rings. The summed E-state index contributed by atoms with van der Waals surface area (Å²) in [6, 6.07) is 10.8. The number of aryl methyl sites for hydroxylation is 1. The van der Waals surface area contributed by atoms with Crippen LogP contribution in [-0.4, -0.2) is 40.3 Å². The van der Waals surface area contributed by atoms with Crippen LogP contribution in [0.15, 0.2) is 42.7 Å². The highest BCUT2D eigenvalue weighted by Crippen LogP contribution is 2.34. The van der Waals surface area contributed by atoms with Gasteiger partial charge in [-0.3, -0.25) is 14.5 Å². The second-order valence-electron chi connectivity index (χ2n) is 7.19. The fourth-order valence-electron chi connectivity index (χ4n) is 3.95. The van der Waals surface area contributed by atoms with E-state index in [0.29, 0.717) is 12.5 Å². The molecule has 4 heterocycles. The van der Waals surface area contributed by atoms with Gasteiger partial charge in [0.05, 0.1) is 23.4 Å². The van der Waals surface area contributed by atoms with Gasteiger partial charge in [-0.15, -0.1) is 0 Å². The summed E-state index contributed by atoms with van der Waals surface area (Å²) in [6.07, 6.45) is 5.42. The summed E-state index contributed by atoms with van der Waals surface area (Å²) >= 11 is 0. The smallest absolute Gasteiger partial charge is 0.227 e. The van der Waals surface area contributed by atoms with E-state index in [1.54, 1.807) is 0 Å². The molecule has 0 spiro atoms. The Balaban J connectivity index is 1.35.